The molecule has 3 rings (SSSR count). The second-order valence-corrected chi connectivity index (χ2v) is 8.79. The van der Waals surface area contributed by atoms with Crippen LogP contribution in [0.2, 0.25) is 5.02 Å². The van der Waals surface area contributed by atoms with Crippen LogP contribution in [0.4, 0.5) is 0 Å². The Labute approximate surface area is 206 Å². The summed E-state index contributed by atoms with van der Waals surface area (Å²) < 4.78 is 18.1. The number of aryl methyl sites for hydroxylation is 3. The molecule has 3 aromatic carbocycles. The van der Waals surface area contributed by atoms with Crippen LogP contribution in [0.3, 0.4) is 0 Å². The molecule has 0 heterocycles. The predicted octanol–water partition coefficient (Wildman–Crippen LogP) is 6.79. The Kier molecular flexibility index (Phi) is 9.23. The summed E-state index contributed by atoms with van der Waals surface area (Å²) in [6.45, 7) is 6.84. The fourth-order valence-corrected chi connectivity index (χ4v) is 3.74. The summed E-state index contributed by atoms with van der Waals surface area (Å²) in [6.07, 6.45) is 1.26. The van der Waals surface area contributed by atoms with Gasteiger partial charge in [-0.25, -0.2) is 0 Å². The fraction of sp³-hybridized carbons (Fsp3) is 0.321. The SMILES string of the molecule is Cc1cc(OCCC(C)Oc2ccc(Cl)cc2COc2ccccc2C)ccc1CCC(=O)O. The van der Waals surface area contributed by atoms with Crippen LogP contribution in [0.1, 0.15) is 42.0 Å². The molecule has 0 radical (unpaired) electrons. The lowest BCUT2D eigenvalue weighted by molar-refractivity contribution is -0.136. The van der Waals surface area contributed by atoms with Crippen LogP contribution < -0.4 is 14.2 Å². The third-order valence-corrected chi connectivity index (χ3v) is 5.78. The van der Waals surface area contributed by atoms with Gasteiger partial charge in [0.05, 0.1) is 12.7 Å². The maximum Gasteiger partial charge on any atom is 0.303 e. The first-order valence-electron chi connectivity index (χ1n) is 11.4. The average Bonchev–Trinajstić information content (AvgIpc) is 2.79. The van der Waals surface area contributed by atoms with Crippen LogP contribution in [0.15, 0.2) is 60.7 Å². The van der Waals surface area contributed by atoms with Gasteiger partial charge in [0, 0.05) is 23.4 Å². The minimum absolute atomic E-state index is 0.0747. The lowest BCUT2D eigenvalue weighted by atomic mass is 10.0. The molecule has 0 aliphatic carbocycles. The first-order valence-corrected chi connectivity index (χ1v) is 11.8. The summed E-state index contributed by atoms with van der Waals surface area (Å²) in [7, 11) is 0. The van der Waals surface area contributed by atoms with Crippen molar-refractivity contribution >= 4 is 17.6 Å². The third-order valence-electron chi connectivity index (χ3n) is 5.54. The van der Waals surface area contributed by atoms with Crippen molar-refractivity contribution in [1.82, 2.24) is 0 Å². The molecule has 0 aliphatic rings. The van der Waals surface area contributed by atoms with Crippen molar-refractivity contribution < 1.29 is 24.1 Å². The maximum atomic E-state index is 10.8. The van der Waals surface area contributed by atoms with Crippen molar-refractivity contribution in [3.8, 4) is 17.2 Å². The molecule has 180 valence electrons. The minimum atomic E-state index is -0.792. The summed E-state index contributed by atoms with van der Waals surface area (Å²) in [5, 5.41) is 9.50. The summed E-state index contributed by atoms with van der Waals surface area (Å²) in [6, 6.07) is 19.2. The van der Waals surface area contributed by atoms with Gasteiger partial charge in [-0.05, 0) is 80.3 Å². The van der Waals surface area contributed by atoms with E-state index in [9.17, 15) is 4.79 Å². The van der Waals surface area contributed by atoms with Crippen LogP contribution in [0.25, 0.3) is 0 Å². The average molecular weight is 483 g/mol. The van der Waals surface area contributed by atoms with Crippen LogP contribution in [-0.2, 0) is 17.8 Å². The van der Waals surface area contributed by atoms with Gasteiger partial charge in [0.1, 0.15) is 23.9 Å². The zero-order chi connectivity index (χ0) is 24.5. The van der Waals surface area contributed by atoms with E-state index >= 15 is 0 Å². The van der Waals surface area contributed by atoms with Crippen LogP contribution in [0.5, 0.6) is 17.2 Å². The van der Waals surface area contributed by atoms with Crippen LogP contribution >= 0.6 is 11.6 Å². The van der Waals surface area contributed by atoms with E-state index in [1.807, 2.05) is 81.4 Å². The Balaban J connectivity index is 1.53. The lowest BCUT2D eigenvalue weighted by Gasteiger charge is -2.19. The number of aliphatic carboxylic acids is 1. The molecule has 0 bridgehead atoms. The number of halogens is 1. The molecule has 6 heteroatoms. The Morgan fingerprint density at radius 3 is 2.47 bits per heavy atom. The molecule has 0 aromatic heterocycles. The molecular formula is C28H31ClO5. The number of carboxylic acids is 1. The molecular weight excluding hydrogens is 452 g/mol. The molecule has 0 aliphatic heterocycles. The Morgan fingerprint density at radius 2 is 1.74 bits per heavy atom. The highest BCUT2D eigenvalue weighted by Crippen LogP contribution is 2.27. The molecule has 0 saturated heterocycles. The van der Waals surface area contributed by atoms with E-state index in [2.05, 4.69) is 0 Å². The molecule has 1 N–H and O–H groups in total. The molecule has 1 atom stereocenters. The summed E-state index contributed by atoms with van der Waals surface area (Å²) in [5.74, 6) is 1.55. The number of benzene rings is 3. The monoisotopic (exact) mass is 482 g/mol. The maximum absolute atomic E-state index is 10.8. The molecule has 1 unspecified atom stereocenters. The molecule has 0 spiro atoms. The standard InChI is InChI=1S/C28H31ClO5/c1-19-6-4-5-7-26(19)33-18-23-17-24(29)10-12-27(23)34-21(3)14-15-32-25-11-8-22(20(2)16-25)9-13-28(30)31/h4-8,10-12,16-17,21H,9,13-15,18H2,1-3H3,(H,30,31). The van der Waals surface area contributed by atoms with E-state index in [1.165, 1.54) is 0 Å². The van der Waals surface area contributed by atoms with Crippen molar-refractivity contribution in [1.29, 1.82) is 0 Å². The quantitative estimate of drug-likeness (QED) is 0.308. The molecule has 34 heavy (non-hydrogen) atoms. The van der Waals surface area contributed by atoms with Gasteiger partial charge in [0.25, 0.3) is 0 Å². The number of carboxylic acid groups (broad SMARTS) is 1. The zero-order valence-electron chi connectivity index (χ0n) is 19.8. The summed E-state index contributed by atoms with van der Waals surface area (Å²) >= 11 is 6.22. The Bertz CT molecular complexity index is 1110. The highest BCUT2D eigenvalue weighted by Gasteiger charge is 2.12. The number of hydrogen-bond donors (Lipinski definition) is 1. The first kappa shape index (κ1) is 25.4. The van der Waals surface area contributed by atoms with Crippen LogP contribution in [0, 0.1) is 13.8 Å². The normalized spacial score (nSPS) is 11.6. The topological polar surface area (TPSA) is 65.0 Å². The highest BCUT2D eigenvalue weighted by atomic mass is 35.5. The van der Waals surface area contributed by atoms with E-state index in [0.29, 0.717) is 31.1 Å². The van der Waals surface area contributed by atoms with Crippen molar-refractivity contribution in [3.63, 3.8) is 0 Å². The molecule has 5 nitrogen and oxygen atoms in total. The van der Waals surface area contributed by atoms with Gasteiger partial charge < -0.3 is 19.3 Å². The van der Waals surface area contributed by atoms with E-state index in [4.69, 9.17) is 30.9 Å². The lowest BCUT2D eigenvalue weighted by Crippen LogP contribution is -2.17. The van der Waals surface area contributed by atoms with E-state index in [0.717, 1.165) is 39.5 Å². The van der Waals surface area contributed by atoms with Gasteiger partial charge >= 0.3 is 5.97 Å². The molecule has 3 aromatic rings. The smallest absolute Gasteiger partial charge is 0.303 e. The van der Waals surface area contributed by atoms with Gasteiger partial charge in [0.2, 0.25) is 0 Å². The second kappa shape index (κ2) is 12.3. The Hall–Kier alpha value is -3.18. The van der Waals surface area contributed by atoms with Gasteiger partial charge in [-0.1, -0.05) is 35.9 Å². The highest BCUT2D eigenvalue weighted by molar-refractivity contribution is 6.30. The summed E-state index contributed by atoms with van der Waals surface area (Å²) in [5.41, 5.74) is 4.01. The van der Waals surface area contributed by atoms with Gasteiger partial charge in [-0.15, -0.1) is 0 Å². The third kappa shape index (κ3) is 7.70. The molecule has 0 fully saturated rings. The summed E-state index contributed by atoms with van der Waals surface area (Å²) in [4.78, 5) is 10.8. The molecule has 0 amide bonds. The number of ether oxygens (including phenoxy) is 3. The van der Waals surface area contributed by atoms with Crippen LogP contribution in [-0.4, -0.2) is 23.8 Å². The van der Waals surface area contributed by atoms with Gasteiger partial charge in [0.15, 0.2) is 0 Å². The van der Waals surface area contributed by atoms with E-state index < -0.39 is 5.97 Å². The van der Waals surface area contributed by atoms with Crippen molar-refractivity contribution in [2.24, 2.45) is 0 Å². The molecule has 0 saturated carbocycles. The van der Waals surface area contributed by atoms with Crippen molar-refractivity contribution in [2.45, 2.75) is 52.7 Å². The Morgan fingerprint density at radius 1 is 0.941 bits per heavy atom. The van der Waals surface area contributed by atoms with Gasteiger partial charge in [-0.3, -0.25) is 4.79 Å². The number of para-hydroxylation sites is 1. The number of carbonyl (C=O) groups is 1. The largest absolute Gasteiger partial charge is 0.493 e. The first-order chi connectivity index (χ1) is 16.3. The fourth-order valence-electron chi connectivity index (χ4n) is 3.55. The second-order valence-electron chi connectivity index (χ2n) is 8.35. The minimum Gasteiger partial charge on any atom is -0.493 e. The predicted molar refractivity (Wildman–Crippen MR) is 134 cm³/mol. The van der Waals surface area contributed by atoms with Crippen molar-refractivity contribution in [3.05, 3.63) is 87.9 Å². The number of rotatable bonds is 12. The number of hydrogen-bond acceptors (Lipinski definition) is 4. The zero-order valence-corrected chi connectivity index (χ0v) is 20.6. The van der Waals surface area contributed by atoms with Crippen molar-refractivity contribution in [2.75, 3.05) is 6.61 Å². The van der Waals surface area contributed by atoms with Gasteiger partial charge in [-0.2, -0.15) is 0 Å². The van der Waals surface area contributed by atoms with E-state index in [1.54, 1.807) is 0 Å². The van der Waals surface area contributed by atoms with E-state index in [-0.39, 0.29) is 12.5 Å².